The van der Waals surface area contributed by atoms with Crippen LogP contribution in [0, 0.1) is 0 Å². The van der Waals surface area contributed by atoms with Crippen molar-refractivity contribution in [3.8, 4) is 11.4 Å². The predicted molar refractivity (Wildman–Crippen MR) is 111 cm³/mol. The lowest BCUT2D eigenvalue weighted by atomic mass is 10.2. The van der Waals surface area contributed by atoms with E-state index in [1.807, 2.05) is 23.7 Å². The molecule has 0 unspecified atom stereocenters. The molecule has 0 saturated heterocycles. The number of methoxy groups -OCH3 is 1. The fourth-order valence-corrected chi connectivity index (χ4v) is 3.20. The van der Waals surface area contributed by atoms with Gasteiger partial charge in [0.2, 0.25) is 11.8 Å². The minimum absolute atomic E-state index is 0.0133. The summed E-state index contributed by atoms with van der Waals surface area (Å²) in [5.41, 5.74) is 2.17. The lowest BCUT2D eigenvalue weighted by molar-refractivity contribution is -0.119. The lowest BCUT2D eigenvalue weighted by Gasteiger charge is -2.08. The maximum atomic E-state index is 12.2. The standard InChI is InChI=1S/C19H20N6O3S/c1-25-18(13-7-9-20-10-8-13)23-24-19(25)29-12-17(27)22-15-5-3-14(4-6-15)21-16(26)11-28-2/h3-10H,11-12H2,1-2H3,(H,21,26)(H,22,27). The predicted octanol–water partition coefficient (Wildman–Crippen LogP) is 2.19. The Kier molecular flexibility index (Phi) is 6.93. The minimum atomic E-state index is -0.240. The molecule has 3 rings (SSSR count). The molecule has 0 fully saturated rings. The van der Waals surface area contributed by atoms with Crippen LogP contribution in [0.25, 0.3) is 11.4 Å². The average molecular weight is 412 g/mol. The number of ether oxygens (including phenoxy) is 1. The molecule has 2 amide bonds. The molecule has 2 aromatic heterocycles. The molecule has 0 saturated carbocycles. The second kappa shape index (κ2) is 9.80. The second-order valence-electron chi connectivity index (χ2n) is 6.00. The molecule has 29 heavy (non-hydrogen) atoms. The van der Waals surface area contributed by atoms with Gasteiger partial charge in [0.1, 0.15) is 6.61 Å². The smallest absolute Gasteiger partial charge is 0.250 e. The minimum Gasteiger partial charge on any atom is -0.375 e. The zero-order valence-corrected chi connectivity index (χ0v) is 16.8. The van der Waals surface area contributed by atoms with Gasteiger partial charge >= 0.3 is 0 Å². The summed E-state index contributed by atoms with van der Waals surface area (Å²) >= 11 is 1.30. The van der Waals surface area contributed by atoms with Crippen LogP contribution < -0.4 is 10.6 Å². The van der Waals surface area contributed by atoms with Crippen molar-refractivity contribution in [1.82, 2.24) is 19.7 Å². The number of rotatable bonds is 8. The summed E-state index contributed by atoms with van der Waals surface area (Å²) in [6, 6.07) is 10.6. The monoisotopic (exact) mass is 412 g/mol. The normalized spacial score (nSPS) is 10.6. The Morgan fingerprint density at radius 3 is 2.24 bits per heavy atom. The van der Waals surface area contributed by atoms with Gasteiger partial charge in [-0.3, -0.25) is 14.6 Å². The number of nitrogens with zero attached hydrogens (tertiary/aromatic N) is 4. The molecular formula is C19H20N6O3S. The van der Waals surface area contributed by atoms with Crippen molar-refractivity contribution >= 4 is 35.0 Å². The molecule has 9 nitrogen and oxygen atoms in total. The number of hydrogen-bond donors (Lipinski definition) is 2. The van der Waals surface area contributed by atoms with Crippen LogP contribution in [0.15, 0.2) is 53.9 Å². The van der Waals surface area contributed by atoms with E-state index in [0.717, 1.165) is 5.56 Å². The Labute approximate surface area is 171 Å². The zero-order chi connectivity index (χ0) is 20.6. The van der Waals surface area contributed by atoms with E-state index in [1.54, 1.807) is 36.7 Å². The van der Waals surface area contributed by atoms with Gasteiger partial charge in [0.05, 0.1) is 5.75 Å². The number of anilines is 2. The molecule has 10 heteroatoms. The zero-order valence-electron chi connectivity index (χ0n) is 16.0. The second-order valence-corrected chi connectivity index (χ2v) is 6.94. The number of amides is 2. The average Bonchev–Trinajstić information content (AvgIpc) is 3.09. The topological polar surface area (TPSA) is 111 Å². The number of benzene rings is 1. The van der Waals surface area contributed by atoms with E-state index in [-0.39, 0.29) is 24.2 Å². The molecule has 150 valence electrons. The van der Waals surface area contributed by atoms with Crippen molar-refractivity contribution in [3.05, 3.63) is 48.8 Å². The van der Waals surface area contributed by atoms with Crippen LogP contribution in [0.5, 0.6) is 0 Å². The number of pyridine rings is 1. The molecule has 0 radical (unpaired) electrons. The van der Waals surface area contributed by atoms with Crippen LogP contribution in [0.2, 0.25) is 0 Å². The van der Waals surface area contributed by atoms with Crippen LogP contribution in [-0.2, 0) is 21.4 Å². The first-order valence-electron chi connectivity index (χ1n) is 8.68. The van der Waals surface area contributed by atoms with E-state index < -0.39 is 0 Å². The van der Waals surface area contributed by atoms with Crippen molar-refractivity contribution in [3.63, 3.8) is 0 Å². The Morgan fingerprint density at radius 1 is 1.00 bits per heavy atom. The summed E-state index contributed by atoms with van der Waals surface area (Å²) in [5.74, 6) is 0.491. The molecule has 0 spiro atoms. The number of carbonyl (C=O) groups is 2. The van der Waals surface area contributed by atoms with E-state index in [1.165, 1.54) is 18.9 Å². The Balaban J connectivity index is 1.53. The third-order valence-corrected chi connectivity index (χ3v) is 4.85. The lowest BCUT2D eigenvalue weighted by Crippen LogP contribution is -2.17. The van der Waals surface area contributed by atoms with Crippen LogP contribution in [0.4, 0.5) is 11.4 Å². The molecule has 0 aliphatic rings. The first-order valence-corrected chi connectivity index (χ1v) is 9.66. The summed E-state index contributed by atoms with van der Waals surface area (Å²) in [6.45, 7) is -0.0133. The highest BCUT2D eigenvalue weighted by molar-refractivity contribution is 7.99. The van der Waals surface area contributed by atoms with Gasteiger partial charge < -0.3 is 19.9 Å². The van der Waals surface area contributed by atoms with E-state index >= 15 is 0 Å². The van der Waals surface area contributed by atoms with Gasteiger partial charge in [0.15, 0.2) is 11.0 Å². The van der Waals surface area contributed by atoms with E-state index in [0.29, 0.717) is 22.4 Å². The molecule has 2 N–H and O–H groups in total. The highest BCUT2D eigenvalue weighted by atomic mass is 32.2. The summed E-state index contributed by atoms with van der Waals surface area (Å²) < 4.78 is 6.60. The largest absolute Gasteiger partial charge is 0.375 e. The van der Waals surface area contributed by atoms with E-state index in [4.69, 9.17) is 4.74 Å². The Morgan fingerprint density at radius 2 is 1.62 bits per heavy atom. The number of carbonyl (C=O) groups excluding carboxylic acids is 2. The summed E-state index contributed by atoms with van der Waals surface area (Å²) in [4.78, 5) is 27.7. The third kappa shape index (κ3) is 5.62. The number of thioether (sulfide) groups is 1. The summed E-state index contributed by atoms with van der Waals surface area (Å²) in [7, 11) is 3.31. The third-order valence-electron chi connectivity index (χ3n) is 3.83. The molecule has 0 bridgehead atoms. The van der Waals surface area contributed by atoms with E-state index in [2.05, 4.69) is 25.8 Å². The van der Waals surface area contributed by atoms with Gasteiger partial charge in [-0.1, -0.05) is 11.8 Å². The van der Waals surface area contributed by atoms with Crippen molar-refractivity contribution < 1.29 is 14.3 Å². The van der Waals surface area contributed by atoms with Crippen LogP contribution in [-0.4, -0.2) is 51.0 Å². The molecule has 2 heterocycles. The van der Waals surface area contributed by atoms with Crippen molar-refractivity contribution in [1.29, 1.82) is 0 Å². The summed E-state index contributed by atoms with van der Waals surface area (Å²) in [5, 5.41) is 14.5. The van der Waals surface area contributed by atoms with Crippen molar-refractivity contribution in [2.75, 3.05) is 30.1 Å². The fourth-order valence-electron chi connectivity index (χ4n) is 2.49. The fraction of sp³-hybridized carbons (Fsp3) is 0.211. The number of hydrogen-bond acceptors (Lipinski definition) is 7. The Bertz CT molecular complexity index is 975. The SMILES string of the molecule is COCC(=O)Nc1ccc(NC(=O)CSc2nnc(-c3ccncc3)n2C)cc1. The molecule has 0 aliphatic carbocycles. The number of aromatic nitrogens is 4. The molecule has 0 aliphatic heterocycles. The first kappa shape index (κ1) is 20.5. The van der Waals surface area contributed by atoms with Crippen LogP contribution in [0.1, 0.15) is 0 Å². The van der Waals surface area contributed by atoms with Gasteiger partial charge in [0, 0.05) is 43.5 Å². The van der Waals surface area contributed by atoms with Gasteiger partial charge in [-0.05, 0) is 36.4 Å². The molecule has 1 aromatic carbocycles. The van der Waals surface area contributed by atoms with Crippen molar-refractivity contribution in [2.24, 2.45) is 7.05 Å². The summed E-state index contributed by atoms with van der Waals surface area (Å²) in [6.07, 6.45) is 3.39. The van der Waals surface area contributed by atoms with Gasteiger partial charge in [-0.25, -0.2) is 0 Å². The highest BCUT2D eigenvalue weighted by Gasteiger charge is 2.13. The Hall–Kier alpha value is -3.24. The van der Waals surface area contributed by atoms with Crippen LogP contribution in [0.3, 0.4) is 0 Å². The molecule has 0 atom stereocenters. The van der Waals surface area contributed by atoms with E-state index in [9.17, 15) is 9.59 Å². The maximum absolute atomic E-state index is 12.2. The van der Waals surface area contributed by atoms with Gasteiger partial charge in [-0.2, -0.15) is 0 Å². The van der Waals surface area contributed by atoms with Gasteiger partial charge in [0.25, 0.3) is 0 Å². The van der Waals surface area contributed by atoms with Gasteiger partial charge in [-0.15, -0.1) is 10.2 Å². The first-order chi connectivity index (χ1) is 14.1. The maximum Gasteiger partial charge on any atom is 0.250 e. The molecule has 3 aromatic rings. The quantitative estimate of drug-likeness (QED) is 0.546. The van der Waals surface area contributed by atoms with Crippen LogP contribution >= 0.6 is 11.8 Å². The highest BCUT2D eigenvalue weighted by Crippen LogP contribution is 2.22. The molecular weight excluding hydrogens is 392 g/mol. The number of nitrogens with one attached hydrogen (secondary N) is 2. The van der Waals surface area contributed by atoms with Crippen molar-refractivity contribution in [2.45, 2.75) is 5.16 Å².